The Hall–Kier alpha value is -3.53. The van der Waals surface area contributed by atoms with E-state index in [1.54, 1.807) is 24.3 Å². The van der Waals surface area contributed by atoms with E-state index in [2.05, 4.69) is 11.4 Å². The zero-order valence-electron chi connectivity index (χ0n) is 15.9. The van der Waals surface area contributed by atoms with E-state index in [-0.39, 0.29) is 19.1 Å². The van der Waals surface area contributed by atoms with Gasteiger partial charge in [0.15, 0.2) is 0 Å². The molecule has 2 aromatic carbocycles. The quantitative estimate of drug-likeness (QED) is 0.833. The van der Waals surface area contributed by atoms with Crippen LogP contribution in [-0.2, 0) is 22.6 Å². The fourth-order valence-corrected chi connectivity index (χ4v) is 2.94. The fraction of sp³-hybridized carbons (Fsp3) is 0.286. The van der Waals surface area contributed by atoms with Crippen LogP contribution in [0.1, 0.15) is 16.7 Å². The number of ether oxygens (including phenoxy) is 1. The molecule has 0 saturated carbocycles. The number of carbonyl (C=O) groups is 2. The molecule has 144 valence electrons. The zero-order chi connectivity index (χ0) is 20.1. The van der Waals surface area contributed by atoms with Crippen molar-refractivity contribution >= 4 is 17.7 Å². The van der Waals surface area contributed by atoms with Crippen LogP contribution in [0.25, 0.3) is 0 Å². The lowest BCUT2D eigenvalue weighted by atomic mass is 10.1. The number of carbonyl (C=O) groups excluding carboxylic acids is 2. The number of hydrogen-bond donors (Lipinski definition) is 1. The predicted octanol–water partition coefficient (Wildman–Crippen LogP) is 2.26. The first-order valence-corrected chi connectivity index (χ1v) is 8.94. The molecule has 1 fully saturated rings. The summed E-state index contributed by atoms with van der Waals surface area (Å²) in [5.74, 6) is -0.254. The average molecular weight is 378 g/mol. The molecule has 0 radical (unpaired) electrons. The zero-order valence-corrected chi connectivity index (χ0v) is 15.9. The molecule has 7 nitrogen and oxygen atoms in total. The fourth-order valence-electron chi connectivity index (χ4n) is 2.94. The maximum Gasteiger partial charge on any atom is 0.410 e. The lowest BCUT2D eigenvalue weighted by Gasteiger charge is -2.21. The van der Waals surface area contributed by atoms with Gasteiger partial charge in [-0.25, -0.2) is 4.79 Å². The van der Waals surface area contributed by atoms with E-state index < -0.39 is 12.1 Å². The second-order valence-corrected chi connectivity index (χ2v) is 6.81. The van der Waals surface area contributed by atoms with Gasteiger partial charge in [-0.05, 0) is 35.4 Å². The third-order valence-corrected chi connectivity index (χ3v) is 4.63. The summed E-state index contributed by atoms with van der Waals surface area (Å²) in [4.78, 5) is 28.1. The van der Waals surface area contributed by atoms with E-state index in [0.717, 1.165) is 16.8 Å². The standard InChI is InChI=1S/C21H22N4O3/c1-24(2)18-9-7-16(8-10-18)12-23-20(26)19-14-28-21(27)25(19)13-17-5-3-15(11-22)4-6-17/h3-10,19H,12-14H2,1-2H3,(H,23,26)/t19-/m0/s1. The van der Waals surface area contributed by atoms with E-state index in [1.165, 1.54) is 4.90 Å². The first kappa shape index (κ1) is 19.2. The SMILES string of the molecule is CN(C)c1ccc(CNC(=O)[C@@H]2COC(=O)N2Cc2ccc(C#N)cc2)cc1. The minimum Gasteiger partial charge on any atom is -0.447 e. The van der Waals surface area contributed by atoms with Gasteiger partial charge >= 0.3 is 6.09 Å². The van der Waals surface area contributed by atoms with Gasteiger partial charge < -0.3 is 15.0 Å². The van der Waals surface area contributed by atoms with Crippen molar-refractivity contribution in [3.05, 3.63) is 65.2 Å². The number of benzene rings is 2. The average Bonchev–Trinajstić information content (AvgIpc) is 3.07. The lowest BCUT2D eigenvalue weighted by Crippen LogP contribution is -2.45. The van der Waals surface area contributed by atoms with Crippen LogP contribution in [0.15, 0.2) is 48.5 Å². The van der Waals surface area contributed by atoms with Gasteiger partial charge in [-0.3, -0.25) is 9.69 Å². The van der Waals surface area contributed by atoms with Crippen molar-refractivity contribution in [2.45, 2.75) is 19.1 Å². The molecule has 2 aromatic rings. The summed E-state index contributed by atoms with van der Waals surface area (Å²) in [6.07, 6.45) is -0.514. The summed E-state index contributed by atoms with van der Waals surface area (Å²) >= 11 is 0. The Bertz CT molecular complexity index is 885. The molecule has 1 aliphatic rings. The Morgan fingerprint density at radius 3 is 2.43 bits per heavy atom. The Labute approximate surface area is 164 Å². The van der Waals surface area contributed by atoms with Crippen molar-refractivity contribution in [1.29, 1.82) is 5.26 Å². The van der Waals surface area contributed by atoms with E-state index in [9.17, 15) is 9.59 Å². The highest BCUT2D eigenvalue weighted by atomic mass is 16.6. The minimum absolute atomic E-state index is 0.0283. The summed E-state index contributed by atoms with van der Waals surface area (Å²) in [7, 11) is 3.94. The molecule has 0 unspecified atom stereocenters. The van der Waals surface area contributed by atoms with Gasteiger partial charge in [-0.2, -0.15) is 5.26 Å². The van der Waals surface area contributed by atoms with Gasteiger partial charge in [0.05, 0.1) is 18.2 Å². The Morgan fingerprint density at radius 2 is 1.82 bits per heavy atom. The summed E-state index contributed by atoms with van der Waals surface area (Å²) in [6, 6.07) is 16.2. The summed E-state index contributed by atoms with van der Waals surface area (Å²) < 4.78 is 5.08. The van der Waals surface area contributed by atoms with Gasteiger partial charge in [0, 0.05) is 26.3 Å². The van der Waals surface area contributed by atoms with E-state index in [4.69, 9.17) is 10.00 Å². The summed E-state index contributed by atoms with van der Waals surface area (Å²) in [5.41, 5.74) is 3.43. The monoisotopic (exact) mass is 378 g/mol. The molecule has 1 saturated heterocycles. The third kappa shape index (κ3) is 4.41. The smallest absolute Gasteiger partial charge is 0.410 e. The summed E-state index contributed by atoms with van der Waals surface area (Å²) in [5, 5.41) is 11.7. The highest BCUT2D eigenvalue weighted by molar-refractivity contribution is 5.87. The predicted molar refractivity (Wildman–Crippen MR) is 104 cm³/mol. The molecule has 0 aromatic heterocycles. The van der Waals surface area contributed by atoms with Crippen molar-refractivity contribution in [3.63, 3.8) is 0 Å². The Kier molecular flexibility index (Phi) is 5.80. The van der Waals surface area contributed by atoms with Gasteiger partial charge in [-0.15, -0.1) is 0 Å². The number of rotatable bonds is 6. The van der Waals surface area contributed by atoms with Gasteiger partial charge in [-0.1, -0.05) is 24.3 Å². The Balaban J connectivity index is 1.61. The maximum absolute atomic E-state index is 12.6. The van der Waals surface area contributed by atoms with Crippen LogP contribution in [0.5, 0.6) is 0 Å². The first-order valence-electron chi connectivity index (χ1n) is 8.94. The van der Waals surface area contributed by atoms with E-state index >= 15 is 0 Å². The molecule has 2 amide bonds. The molecule has 28 heavy (non-hydrogen) atoms. The normalized spacial score (nSPS) is 15.7. The number of anilines is 1. The van der Waals surface area contributed by atoms with Crippen molar-refractivity contribution in [1.82, 2.24) is 10.2 Å². The lowest BCUT2D eigenvalue weighted by molar-refractivity contribution is -0.125. The molecule has 7 heteroatoms. The van der Waals surface area contributed by atoms with Crippen LogP contribution in [-0.4, -0.2) is 43.6 Å². The third-order valence-electron chi connectivity index (χ3n) is 4.63. The second-order valence-electron chi connectivity index (χ2n) is 6.81. The largest absolute Gasteiger partial charge is 0.447 e. The van der Waals surface area contributed by atoms with Crippen LogP contribution in [0.2, 0.25) is 0 Å². The number of cyclic esters (lactones) is 1. The van der Waals surface area contributed by atoms with Crippen molar-refractivity contribution in [2.24, 2.45) is 0 Å². The van der Waals surface area contributed by atoms with Gasteiger partial charge in [0.2, 0.25) is 5.91 Å². The number of nitrogens with one attached hydrogen (secondary N) is 1. The summed E-state index contributed by atoms with van der Waals surface area (Å²) in [6.45, 7) is 0.655. The van der Waals surface area contributed by atoms with Gasteiger partial charge in [0.1, 0.15) is 12.6 Å². The van der Waals surface area contributed by atoms with E-state index in [1.807, 2.05) is 43.3 Å². The van der Waals surface area contributed by atoms with Crippen molar-refractivity contribution < 1.29 is 14.3 Å². The van der Waals surface area contributed by atoms with Crippen molar-refractivity contribution in [3.8, 4) is 6.07 Å². The molecule has 1 heterocycles. The molecule has 1 aliphatic heterocycles. The molecule has 1 atom stereocenters. The number of hydrogen-bond acceptors (Lipinski definition) is 5. The van der Waals surface area contributed by atoms with Crippen LogP contribution < -0.4 is 10.2 Å². The molecule has 3 rings (SSSR count). The highest BCUT2D eigenvalue weighted by Crippen LogP contribution is 2.18. The maximum atomic E-state index is 12.6. The van der Waals surface area contributed by atoms with E-state index in [0.29, 0.717) is 12.1 Å². The van der Waals surface area contributed by atoms with Crippen LogP contribution in [0.3, 0.4) is 0 Å². The van der Waals surface area contributed by atoms with Crippen molar-refractivity contribution in [2.75, 3.05) is 25.6 Å². The van der Waals surface area contributed by atoms with Crippen LogP contribution in [0, 0.1) is 11.3 Å². The number of nitrogens with zero attached hydrogens (tertiary/aromatic N) is 3. The number of nitriles is 1. The molecular formula is C21H22N4O3. The first-order chi connectivity index (χ1) is 13.5. The topological polar surface area (TPSA) is 85.7 Å². The van der Waals surface area contributed by atoms with Gasteiger partial charge in [0.25, 0.3) is 0 Å². The van der Waals surface area contributed by atoms with Crippen LogP contribution >= 0.6 is 0 Å². The molecular weight excluding hydrogens is 356 g/mol. The number of amides is 2. The molecule has 0 spiro atoms. The Morgan fingerprint density at radius 1 is 1.18 bits per heavy atom. The second kappa shape index (κ2) is 8.44. The highest BCUT2D eigenvalue weighted by Gasteiger charge is 2.37. The molecule has 1 N–H and O–H groups in total. The minimum atomic E-state index is -0.677. The molecule has 0 bridgehead atoms. The molecule has 0 aliphatic carbocycles. The van der Waals surface area contributed by atoms with Crippen LogP contribution in [0.4, 0.5) is 10.5 Å².